The molecule has 0 saturated heterocycles. The molecule has 24 heavy (non-hydrogen) atoms. The molecule has 1 rings (SSSR count). The molecule has 0 fully saturated rings. The lowest BCUT2D eigenvalue weighted by atomic mass is 10.1. The highest BCUT2D eigenvalue weighted by Gasteiger charge is 2.11. The molecule has 1 unspecified atom stereocenters. The third-order valence-corrected chi connectivity index (χ3v) is 3.22. The molecule has 132 valence electrons. The molecule has 0 aromatic heterocycles. The van der Waals surface area contributed by atoms with E-state index in [1.807, 2.05) is 32.9 Å². The monoisotopic (exact) mass is 334 g/mol. The maximum Gasteiger partial charge on any atom is 0.315 e. The maximum absolute atomic E-state index is 11.8. The topological polar surface area (TPSA) is 99.3 Å². The Hall–Kier alpha value is -2.57. The molecule has 0 heterocycles. The zero-order valence-electron chi connectivity index (χ0n) is 14.6. The van der Waals surface area contributed by atoms with Crippen LogP contribution in [0.5, 0.6) is 0 Å². The van der Waals surface area contributed by atoms with E-state index in [1.165, 1.54) is 0 Å². The van der Waals surface area contributed by atoms with Crippen LogP contribution in [-0.2, 0) is 9.59 Å². The first-order chi connectivity index (χ1) is 11.3. The number of rotatable bonds is 7. The Morgan fingerprint density at radius 1 is 0.958 bits per heavy atom. The minimum Gasteiger partial charge on any atom is -0.352 e. The summed E-state index contributed by atoms with van der Waals surface area (Å²) in [5.74, 6) is -0.281. The fourth-order valence-electron chi connectivity index (χ4n) is 1.97. The summed E-state index contributed by atoms with van der Waals surface area (Å²) in [6, 6.07) is 6.64. The molecule has 1 aromatic rings. The Balaban J connectivity index is 2.46. The van der Waals surface area contributed by atoms with Crippen LogP contribution in [0.3, 0.4) is 0 Å². The standard InChI is InChI=1S/C17H26N4O3/c1-5-15(22)21-14-8-6-13(7-9-14)12(4)20-17(24)18-10-16(23)19-11(2)3/h6-9,11-12H,5,10H2,1-4H3,(H,19,23)(H,21,22)(H2,18,20,24). The maximum atomic E-state index is 11.8. The summed E-state index contributed by atoms with van der Waals surface area (Å²) in [5, 5.41) is 10.7. The van der Waals surface area contributed by atoms with E-state index in [0.717, 1.165) is 5.56 Å². The SMILES string of the molecule is CCC(=O)Nc1ccc(C(C)NC(=O)NCC(=O)NC(C)C)cc1. The van der Waals surface area contributed by atoms with Crippen LogP contribution in [0.4, 0.5) is 10.5 Å². The normalized spacial score (nSPS) is 11.5. The zero-order chi connectivity index (χ0) is 18.1. The Kier molecular flexibility index (Phi) is 7.74. The van der Waals surface area contributed by atoms with E-state index in [1.54, 1.807) is 19.1 Å². The van der Waals surface area contributed by atoms with Gasteiger partial charge in [-0.05, 0) is 38.5 Å². The van der Waals surface area contributed by atoms with Crippen LogP contribution in [0.2, 0.25) is 0 Å². The van der Waals surface area contributed by atoms with Crippen LogP contribution < -0.4 is 21.3 Å². The fourth-order valence-corrected chi connectivity index (χ4v) is 1.97. The highest BCUT2D eigenvalue weighted by Crippen LogP contribution is 2.16. The van der Waals surface area contributed by atoms with Gasteiger partial charge in [0.25, 0.3) is 0 Å². The van der Waals surface area contributed by atoms with Gasteiger partial charge < -0.3 is 21.3 Å². The van der Waals surface area contributed by atoms with Crippen molar-refractivity contribution in [2.75, 3.05) is 11.9 Å². The van der Waals surface area contributed by atoms with Gasteiger partial charge in [0, 0.05) is 18.2 Å². The summed E-state index contributed by atoms with van der Waals surface area (Å²) < 4.78 is 0. The summed E-state index contributed by atoms with van der Waals surface area (Å²) in [6.45, 7) is 7.27. The van der Waals surface area contributed by atoms with Crippen molar-refractivity contribution in [2.45, 2.75) is 46.2 Å². The molecule has 1 atom stereocenters. The van der Waals surface area contributed by atoms with E-state index in [2.05, 4.69) is 21.3 Å². The summed E-state index contributed by atoms with van der Waals surface area (Å²) >= 11 is 0. The van der Waals surface area contributed by atoms with Crippen molar-refractivity contribution in [3.8, 4) is 0 Å². The quantitative estimate of drug-likeness (QED) is 0.613. The highest BCUT2D eigenvalue weighted by atomic mass is 16.2. The first-order valence-electron chi connectivity index (χ1n) is 8.05. The van der Waals surface area contributed by atoms with Crippen molar-refractivity contribution in [1.82, 2.24) is 16.0 Å². The number of amides is 4. The third kappa shape index (κ3) is 7.13. The summed E-state index contributed by atoms with van der Waals surface area (Å²) in [6.07, 6.45) is 0.421. The molecule has 7 heteroatoms. The lowest BCUT2D eigenvalue weighted by molar-refractivity contribution is -0.120. The molecule has 0 bridgehead atoms. The first-order valence-corrected chi connectivity index (χ1v) is 8.05. The van der Waals surface area contributed by atoms with Gasteiger partial charge in [-0.15, -0.1) is 0 Å². The van der Waals surface area contributed by atoms with Crippen LogP contribution in [0.1, 0.15) is 45.7 Å². The van der Waals surface area contributed by atoms with Gasteiger partial charge in [-0.2, -0.15) is 0 Å². The lowest BCUT2D eigenvalue weighted by Crippen LogP contribution is -2.44. The van der Waals surface area contributed by atoms with Gasteiger partial charge >= 0.3 is 6.03 Å². The molecular formula is C17H26N4O3. The van der Waals surface area contributed by atoms with Gasteiger partial charge in [0.1, 0.15) is 0 Å². The lowest BCUT2D eigenvalue weighted by Gasteiger charge is -2.16. The van der Waals surface area contributed by atoms with Crippen LogP contribution in [-0.4, -0.2) is 30.4 Å². The molecule has 0 saturated carbocycles. The van der Waals surface area contributed by atoms with Crippen molar-refractivity contribution in [3.05, 3.63) is 29.8 Å². The number of carbonyl (C=O) groups is 3. The number of hydrogen-bond donors (Lipinski definition) is 4. The molecular weight excluding hydrogens is 308 g/mol. The smallest absolute Gasteiger partial charge is 0.315 e. The Morgan fingerprint density at radius 2 is 1.58 bits per heavy atom. The average molecular weight is 334 g/mol. The van der Waals surface area contributed by atoms with Crippen molar-refractivity contribution >= 4 is 23.5 Å². The molecule has 4 amide bonds. The number of anilines is 1. The minimum atomic E-state index is -0.412. The molecule has 7 nitrogen and oxygen atoms in total. The Labute approximate surface area is 142 Å². The van der Waals surface area contributed by atoms with Gasteiger partial charge in [-0.3, -0.25) is 9.59 Å². The van der Waals surface area contributed by atoms with Crippen molar-refractivity contribution in [1.29, 1.82) is 0 Å². The van der Waals surface area contributed by atoms with E-state index in [4.69, 9.17) is 0 Å². The molecule has 0 aliphatic heterocycles. The number of urea groups is 1. The van der Waals surface area contributed by atoms with E-state index < -0.39 is 6.03 Å². The summed E-state index contributed by atoms with van der Waals surface area (Å²) in [7, 11) is 0. The van der Waals surface area contributed by atoms with E-state index in [0.29, 0.717) is 12.1 Å². The van der Waals surface area contributed by atoms with Gasteiger partial charge in [0.15, 0.2) is 0 Å². The second-order valence-electron chi connectivity index (χ2n) is 5.79. The van der Waals surface area contributed by atoms with Gasteiger partial charge in [0.2, 0.25) is 11.8 Å². The molecule has 4 N–H and O–H groups in total. The third-order valence-electron chi connectivity index (χ3n) is 3.22. The van der Waals surface area contributed by atoms with Crippen LogP contribution >= 0.6 is 0 Å². The van der Waals surface area contributed by atoms with Crippen LogP contribution in [0.25, 0.3) is 0 Å². The van der Waals surface area contributed by atoms with E-state index in [9.17, 15) is 14.4 Å². The number of nitrogens with one attached hydrogen (secondary N) is 4. The van der Waals surface area contributed by atoms with Crippen LogP contribution in [0, 0.1) is 0 Å². The number of hydrogen-bond acceptors (Lipinski definition) is 3. The average Bonchev–Trinajstić information content (AvgIpc) is 2.52. The minimum absolute atomic E-state index is 0.0352. The second kappa shape index (κ2) is 9.54. The second-order valence-corrected chi connectivity index (χ2v) is 5.79. The van der Waals surface area contributed by atoms with Gasteiger partial charge in [0.05, 0.1) is 12.6 Å². The first kappa shape index (κ1) is 19.5. The highest BCUT2D eigenvalue weighted by molar-refractivity contribution is 5.90. The number of carbonyl (C=O) groups excluding carboxylic acids is 3. The van der Waals surface area contributed by atoms with Crippen molar-refractivity contribution in [2.24, 2.45) is 0 Å². The summed E-state index contributed by atoms with van der Waals surface area (Å²) in [4.78, 5) is 34.6. The predicted molar refractivity (Wildman–Crippen MR) is 93.6 cm³/mol. The van der Waals surface area contributed by atoms with Crippen LogP contribution in [0.15, 0.2) is 24.3 Å². The fraction of sp³-hybridized carbons (Fsp3) is 0.471. The Bertz CT molecular complexity index is 570. The van der Waals surface area contributed by atoms with Gasteiger partial charge in [-0.1, -0.05) is 19.1 Å². The predicted octanol–water partition coefficient (Wildman–Crippen LogP) is 1.92. The Morgan fingerprint density at radius 3 is 2.12 bits per heavy atom. The molecule has 1 aromatic carbocycles. The largest absolute Gasteiger partial charge is 0.352 e. The molecule has 0 spiro atoms. The zero-order valence-corrected chi connectivity index (χ0v) is 14.6. The molecule has 0 radical (unpaired) electrons. The van der Waals surface area contributed by atoms with E-state index in [-0.39, 0.29) is 30.4 Å². The summed E-state index contributed by atoms with van der Waals surface area (Å²) in [5.41, 5.74) is 1.61. The van der Waals surface area contributed by atoms with Crippen molar-refractivity contribution < 1.29 is 14.4 Å². The van der Waals surface area contributed by atoms with Gasteiger partial charge in [-0.25, -0.2) is 4.79 Å². The van der Waals surface area contributed by atoms with Crippen molar-refractivity contribution in [3.63, 3.8) is 0 Å². The molecule has 0 aliphatic carbocycles. The van der Waals surface area contributed by atoms with E-state index >= 15 is 0 Å². The molecule has 0 aliphatic rings. The number of benzene rings is 1.